The zero-order valence-corrected chi connectivity index (χ0v) is 17.9. The van der Waals surface area contributed by atoms with Crippen molar-refractivity contribution in [1.29, 1.82) is 0 Å². The zero-order valence-electron chi connectivity index (χ0n) is 17.9. The van der Waals surface area contributed by atoms with Crippen molar-refractivity contribution in [3.05, 3.63) is 35.9 Å². The van der Waals surface area contributed by atoms with E-state index in [1.54, 1.807) is 6.07 Å². The van der Waals surface area contributed by atoms with E-state index in [2.05, 4.69) is 4.74 Å². The Labute approximate surface area is 183 Å². The molecule has 0 unspecified atom stereocenters. The maximum atomic E-state index is 12.6. The van der Waals surface area contributed by atoms with Crippen LogP contribution in [0.1, 0.15) is 38.1 Å². The summed E-state index contributed by atoms with van der Waals surface area (Å²) in [6, 6.07) is 7.30. The number of hydrogen-bond acceptors (Lipinski definition) is 11. The van der Waals surface area contributed by atoms with E-state index in [0.717, 1.165) is 27.7 Å². The quantitative estimate of drug-likeness (QED) is 0.211. The maximum Gasteiger partial charge on any atom is 0.339 e. The Hall–Kier alpha value is -3.60. The van der Waals surface area contributed by atoms with Crippen LogP contribution in [-0.2, 0) is 42.9 Å². The first-order chi connectivity index (χ1) is 14.9. The van der Waals surface area contributed by atoms with E-state index in [9.17, 15) is 33.9 Å². The van der Waals surface area contributed by atoms with Crippen LogP contribution in [0.3, 0.4) is 0 Å². The molecule has 0 aliphatic heterocycles. The van der Waals surface area contributed by atoms with E-state index < -0.39 is 60.2 Å². The monoisotopic (exact) mass is 452 g/mol. The number of rotatable bonds is 11. The van der Waals surface area contributed by atoms with Crippen LogP contribution < -0.4 is 0 Å². The van der Waals surface area contributed by atoms with Gasteiger partial charge in [0.2, 0.25) is 0 Å². The van der Waals surface area contributed by atoms with E-state index in [1.165, 1.54) is 24.3 Å². The van der Waals surface area contributed by atoms with Crippen LogP contribution in [0.15, 0.2) is 30.3 Å². The molecule has 1 rings (SSSR count). The molecule has 1 N–H and O–H groups in total. The molecule has 0 aromatic heterocycles. The summed E-state index contributed by atoms with van der Waals surface area (Å²) in [4.78, 5) is 71.9. The summed E-state index contributed by atoms with van der Waals surface area (Å²) in [5.74, 6) is -5.04. The highest BCUT2D eigenvalue weighted by molar-refractivity contribution is 6.05. The Morgan fingerprint density at radius 3 is 1.94 bits per heavy atom. The summed E-state index contributed by atoms with van der Waals surface area (Å²) < 4.78 is 19.9. The van der Waals surface area contributed by atoms with Crippen molar-refractivity contribution in [1.82, 2.24) is 0 Å². The molecule has 0 bridgehead atoms. The molecule has 1 aromatic carbocycles. The predicted octanol–water partition coefficient (Wildman–Crippen LogP) is 0.158. The molecule has 174 valence electrons. The zero-order chi connectivity index (χ0) is 24.5. The summed E-state index contributed by atoms with van der Waals surface area (Å²) >= 11 is 0. The van der Waals surface area contributed by atoms with Gasteiger partial charge in [-0.25, -0.2) is 4.79 Å². The van der Waals surface area contributed by atoms with Gasteiger partial charge in [0.25, 0.3) is 5.60 Å². The molecule has 0 heterocycles. The molecule has 0 fully saturated rings. The maximum absolute atomic E-state index is 12.6. The number of ketones is 1. The number of carbonyl (C=O) groups is 6. The van der Waals surface area contributed by atoms with Crippen molar-refractivity contribution >= 4 is 35.9 Å². The van der Waals surface area contributed by atoms with Crippen LogP contribution in [0.5, 0.6) is 0 Å². The van der Waals surface area contributed by atoms with Crippen molar-refractivity contribution in [3.8, 4) is 0 Å². The molecule has 11 heteroatoms. The Morgan fingerprint density at radius 2 is 1.50 bits per heavy atom. The Bertz CT molecular complexity index is 864. The van der Waals surface area contributed by atoms with Gasteiger partial charge in [-0.15, -0.1) is 0 Å². The summed E-state index contributed by atoms with van der Waals surface area (Å²) in [6.07, 6.45) is -5.97. The Balaban J connectivity index is 3.54. The van der Waals surface area contributed by atoms with Crippen LogP contribution in [0.4, 0.5) is 0 Å². The molecule has 1 aromatic rings. The Morgan fingerprint density at radius 1 is 0.938 bits per heavy atom. The molecule has 0 aliphatic rings. The molecule has 32 heavy (non-hydrogen) atoms. The first-order valence-corrected chi connectivity index (χ1v) is 9.36. The smallest absolute Gasteiger partial charge is 0.339 e. The molecule has 0 spiro atoms. The highest BCUT2D eigenvalue weighted by Crippen LogP contribution is 2.27. The summed E-state index contributed by atoms with van der Waals surface area (Å²) in [7, 11) is 0. The number of ether oxygens (including phenoxy) is 4. The molecular weight excluding hydrogens is 428 g/mol. The van der Waals surface area contributed by atoms with Crippen LogP contribution in [0.25, 0.3) is 0 Å². The standard InChI is InChI=1S/C21H24O11/c1-12(23)21(11-22,32-20(28)16-8-6-5-7-9-16)19(31-15(4)26)18(30-14(3)25)17(27)10-29-13(2)24/h5-9,11,17-19,27H,10H2,1-4H3/t17-,18-,19+,21-/m1/s1. The number of aliphatic hydroxyl groups is 1. The third kappa shape index (κ3) is 6.98. The van der Waals surface area contributed by atoms with Crippen LogP contribution in [-0.4, -0.2) is 71.6 Å². The summed E-state index contributed by atoms with van der Waals surface area (Å²) in [5, 5.41) is 10.5. The lowest BCUT2D eigenvalue weighted by Gasteiger charge is -2.38. The predicted molar refractivity (Wildman–Crippen MR) is 105 cm³/mol. The first kappa shape index (κ1) is 26.4. The summed E-state index contributed by atoms with van der Waals surface area (Å²) in [5.41, 5.74) is -2.83. The second-order valence-corrected chi connectivity index (χ2v) is 6.70. The molecule has 4 atom stereocenters. The topological polar surface area (TPSA) is 160 Å². The van der Waals surface area contributed by atoms with Gasteiger partial charge in [-0.2, -0.15) is 0 Å². The van der Waals surface area contributed by atoms with E-state index in [4.69, 9.17) is 14.2 Å². The largest absolute Gasteiger partial charge is 0.463 e. The fourth-order valence-corrected chi connectivity index (χ4v) is 2.70. The van der Waals surface area contributed by atoms with Gasteiger partial charge in [-0.1, -0.05) is 18.2 Å². The average Bonchev–Trinajstić information content (AvgIpc) is 2.72. The van der Waals surface area contributed by atoms with Crippen molar-refractivity contribution in [2.75, 3.05) is 6.61 Å². The van der Waals surface area contributed by atoms with Crippen molar-refractivity contribution in [3.63, 3.8) is 0 Å². The molecule has 0 saturated heterocycles. The first-order valence-electron chi connectivity index (χ1n) is 9.36. The number of esters is 4. The molecule has 0 amide bonds. The van der Waals surface area contributed by atoms with Crippen molar-refractivity contribution < 1.29 is 52.8 Å². The lowest BCUT2D eigenvalue weighted by Crippen LogP contribution is -2.63. The van der Waals surface area contributed by atoms with Crippen molar-refractivity contribution in [2.24, 2.45) is 0 Å². The number of hydrogen-bond donors (Lipinski definition) is 1. The second-order valence-electron chi connectivity index (χ2n) is 6.70. The number of aliphatic hydroxyl groups excluding tert-OH is 1. The molecule has 0 aliphatic carbocycles. The fraction of sp³-hybridized carbons (Fsp3) is 0.429. The van der Waals surface area contributed by atoms with Crippen molar-refractivity contribution in [2.45, 2.75) is 51.6 Å². The second kappa shape index (κ2) is 11.7. The van der Waals surface area contributed by atoms with E-state index >= 15 is 0 Å². The molecule has 0 saturated carbocycles. The summed E-state index contributed by atoms with van der Waals surface area (Å²) in [6.45, 7) is 3.05. The van der Waals surface area contributed by atoms with Crippen LogP contribution >= 0.6 is 0 Å². The van der Waals surface area contributed by atoms with Gasteiger partial charge in [0.1, 0.15) is 12.7 Å². The lowest BCUT2D eigenvalue weighted by atomic mass is 9.87. The number of carbonyl (C=O) groups excluding carboxylic acids is 6. The third-order valence-electron chi connectivity index (χ3n) is 4.15. The number of aldehydes is 1. The molecular formula is C21H24O11. The average molecular weight is 452 g/mol. The van der Waals surface area contributed by atoms with Gasteiger partial charge >= 0.3 is 23.9 Å². The van der Waals surface area contributed by atoms with Gasteiger partial charge in [0.05, 0.1) is 5.56 Å². The van der Waals surface area contributed by atoms with Crippen LogP contribution in [0, 0.1) is 0 Å². The van der Waals surface area contributed by atoms with Gasteiger partial charge in [0.15, 0.2) is 24.3 Å². The van der Waals surface area contributed by atoms with Gasteiger partial charge in [-0.05, 0) is 19.1 Å². The minimum atomic E-state index is -2.80. The number of Topliss-reactive ketones (excluding diaryl/α,β-unsaturated/α-hetero) is 1. The van der Waals surface area contributed by atoms with E-state index in [1.807, 2.05) is 0 Å². The third-order valence-corrected chi connectivity index (χ3v) is 4.15. The highest BCUT2D eigenvalue weighted by Gasteiger charge is 2.56. The minimum absolute atomic E-state index is 0.0361. The van der Waals surface area contributed by atoms with Gasteiger partial charge in [-0.3, -0.25) is 24.0 Å². The number of benzene rings is 1. The molecule has 0 radical (unpaired) electrons. The SMILES string of the molecule is CC(=O)OC[C@@H](O)[C@@H](OC(C)=O)[C@H](OC(C)=O)[C@](C=O)(OC(=O)c1ccccc1)C(C)=O. The van der Waals surface area contributed by atoms with E-state index in [0.29, 0.717) is 0 Å². The molecule has 11 nitrogen and oxygen atoms in total. The Kier molecular flexibility index (Phi) is 9.67. The normalized spacial score (nSPS) is 15.2. The fourth-order valence-electron chi connectivity index (χ4n) is 2.70. The van der Waals surface area contributed by atoms with E-state index in [-0.39, 0.29) is 11.8 Å². The highest BCUT2D eigenvalue weighted by atomic mass is 16.6. The lowest BCUT2D eigenvalue weighted by molar-refractivity contribution is -0.203. The van der Waals surface area contributed by atoms with Gasteiger partial charge in [0, 0.05) is 20.8 Å². The van der Waals surface area contributed by atoms with Gasteiger partial charge < -0.3 is 24.1 Å². The van der Waals surface area contributed by atoms with Crippen LogP contribution in [0.2, 0.25) is 0 Å². The minimum Gasteiger partial charge on any atom is -0.463 e.